The first-order valence-corrected chi connectivity index (χ1v) is 9.36. The number of nitrogens with zero attached hydrogens (tertiary/aromatic N) is 4. The molecule has 1 atom stereocenters. The molecule has 1 saturated heterocycles. The van der Waals surface area contributed by atoms with Crippen molar-refractivity contribution in [3.8, 4) is 0 Å². The fourth-order valence-electron chi connectivity index (χ4n) is 3.12. The van der Waals surface area contributed by atoms with Crippen molar-refractivity contribution in [2.75, 3.05) is 45.9 Å². The Bertz CT molecular complexity index is 605. The van der Waals surface area contributed by atoms with Gasteiger partial charge in [-0.15, -0.1) is 0 Å². The van der Waals surface area contributed by atoms with Gasteiger partial charge in [0.2, 0.25) is 0 Å². The van der Waals surface area contributed by atoms with Crippen LogP contribution in [0, 0.1) is 13.8 Å². The van der Waals surface area contributed by atoms with Crippen LogP contribution in [0.25, 0.3) is 0 Å². The number of guanidine groups is 1. The maximum atomic E-state index is 10.7. The number of morpholine rings is 1. The number of rotatable bonds is 7. The van der Waals surface area contributed by atoms with E-state index in [2.05, 4.69) is 32.5 Å². The number of aliphatic imine (C=N–C) groups is 1. The highest BCUT2D eigenvalue weighted by Crippen LogP contribution is 2.13. The van der Waals surface area contributed by atoms with Crippen molar-refractivity contribution in [1.82, 2.24) is 25.3 Å². The smallest absolute Gasteiger partial charge is 0.191 e. The second kappa shape index (κ2) is 9.34. The molecule has 1 aliphatic heterocycles. The lowest BCUT2D eigenvalue weighted by molar-refractivity contribution is -0.0201. The second-order valence-corrected chi connectivity index (χ2v) is 7.21. The fourth-order valence-corrected chi connectivity index (χ4v) is 3.12. The lowest BCUT2D eigenvalue weighted by atomic mass is 10.1. The first kappa shape index (κ1) is 20.7. The summed E-state index contributed by atoms with van der Waals surface area (Å²) in [4.78, 5) is 6.90. The molecule has 148 valence electrons. The van der Waals surface area contributed by atoms with E-state index in [-0.39, 0.29) is 0 Å². The maximum Gasteiger partial charge on any atom is 0.191 e. The molecule has 8 heteroatoms. The van der Waals surface area contributed by atoms with Gasteiger partial charge in [-0.3, -0.25) is 9.58 Å². The van der Waals surface area contributed by atoms with Crippen LogP contribution in [0.4, 0.5) is 0 Å². The molecule has 0 aromatic carbocycles. The van der Waals surface area contributed by atoms with Crippen molar-refractivity contribution >= 4 is 5.96 Å². The molecule has 0 amide bonds. The molecule has 0 bridgehead atoms. The van der Waals surface area contributed by atoms with Gasteiger partial charge in [-0.1, -0.05) is 0 Å². The number of aliphatic hydroxyl groups is 1. The minimum absolute atomic E-state index is 0.432. The third-order valence-electron chi connectivity index (χ3n) is 4.70. The molecular weight excluding hydrogens is 332 g/mol. The SMILES string of the molecule is CCNC(=NCc1c(C)nn(C)c1C)NCC(C)(O)CN1CCOCC1. The average molecular weight is 367 g/mol. The third kappa shape index (κ3) is 5.96. The summed E-state index contributed by atoms with van der Waals surface area (Å²) in [5, 5.41) is 21.7. The van der Waals surface area contributed by atoms with Crippen LogP contribution in [0.5, 0.6) is 0 Å². The fraction of sp³-hybridized carbons (Fsp3) is 0.778. The van der Waals surface area contributed by atoms with E-state index in [9.17, 15) is 5.11 Å². The van der Waals surface area contributed by atoms with E-state index in [1.54, 1.807) is 0 Å². The number of ether oxygens (including phenoxy) is 1. The molecule has 2 heterocycles. The molecule has 1 aromatic rings. The molecule has 0 spiro atoms. The largest absolute Gasteiger partial charge is 0.387 e. The first-order chi connectivity index (χ1) is 12.3. The van der Waals surface area contributed by atoms with Crippen molar-refractivity contribution in [2.45, 2.75) is 39.8 Å². The Morgan fingerprint density at radius 2 is 2.00 bits per heavy atom. The van der Waals surface area contributed by atoms with E-state index in [4.69, 9.17) is 4.74 Å². The summed E-state index contributed by atoms with van der Waals surface area (Å²) in [5.41, 5.74) is 2.43. The minimum Gasteiger partial charge on any atom is -0.387 e. The van der Waals surface area contributed by atoms with Crippen LogP contribution in [-0.2, 0) is 18.3 Å². The Labute approximate surface area is 156 Å². The molecule has 3 N–H and O–H groups in total. The number of nitrogens with one attached hydrogen (secondary N) is 2. The number of aryl methyl sites for hydroxylation is 2. The summed E-state index contributed by atoms with van der Waals surface area (Å²) in [7, 11) is 1.95. The van der Waals surface area contributed by atoms with Gasteiger partial charge in [-0.05, 0) is 27.7 Å². The lowest BCUT2D eigenvalue weighted by Crippen LogP contribution is -2.52. The van der Waals surface area contributed by atoms with Crippen molar-refractivity contribution in [3.05, 3.63) is 17.0 Å². The normalized spacial score (nSPS) is 18.6. The standard InChI is InChI=1S/C18H34N6O2/c1-6-19-17(20-11-16-14(2)22-23(5)15(16)3)21-12-18(4,25)13-24-7-9-26-10-8-24/h25H,6-13H2,1-5H3,(H2,19,20,21). The Morgan fingerprint density at radius 1 is 1.31 bits per heavy atom. The van der Waals surface area contributed by atoms with Crippen LogP contribution < -0.4 is 10.6 Å². The van der Waals surface area contributed by atoms with Crippen LogP contribution in [0.2, 0.25) is 0 Å². The predicted octanol–water partition coefficient (Wildman–Crippen LogP) is 0.175. The maximum absolute atomic E-state index is 10.7. The van der Waals surface area contributed by atoms with Crippen molar-refractivity contribution < 1.29 is 9.84 Å². The Balaban J connectivity index is 1.93. The molecule has 0 radical (unpaired) electrons. The summed E-state index contributed by atoms with van der Waals surface area (Å²) >= 11 is 0. The Hall–Kier alpha value is -1.64. The molecule has 0 aliphatic carbocycles. The van der Waals surface area contributed by atoms with Gasteiger partial charge >= 0.3 is 0 Å². The summed E-state index contributed by atoms with van der Waals surface area (Å²) in [6, 6.07) is 0. The van der Waals surface area contributed by atoms with E-state index in [1.807, 2.05) is 32.5 Å². The van der Waals surface area contributed by atoms with E-state index in [0.29, 0.717) is 25.6 Å². The average Bonchev–Trinajstić information content (AvgIpc) is 2.83. The highest BCUT2D eigenvalue weighted by molar-refractivity contribution is 5.79. The molecule has 0 saturated carbocycles. The van der Waals surface area contributed by atoms with Gasteiger partial charge in [0.1, 0.15) is 0 Å². The predicted molar refractivity (Wildman–Crippen MR) is 103 cm³/mol. The van der Waals surface area contributed by atoms with Crippen LogP contribution in [-0.4, -0.2) is 77.3 Å². The minimum atomic E-state index is -0.840. The topological polar surface area (TPSA) is 86.9 Å². The van der Waals surface area contributed by atoms with Gasteiger partial charge in [-0.25, -0.2) is 4.99 Å². The quantitative estimate of drug-likeness (QED) is 0.471. The Kier molecular flexibility index (Phi) is 7.43. The number of hydrogen-bond donors (Lipinski definition) is 3. The molecular formula is C18H34N6O2. The second-order valence-electron chi connectivity index (χ2n) is 7.21. The molecule has 2 rings (SSSR count). The van der Waals surface area contributed by atoms with Crippen LogP contribution in [0.1, 0.15) is 30.8 Å². The van der Waals surface area contributed by atoms with Gasteiger partial charge in [0.05, 0.1) is 31.1 Å². The van der Waals surface area contributed by atoms with Crippen LogP contribution >= 0.6 is 0 Å². The van der Waals surface area contributed by atoms with Gasteiger partial charge in [-0.2, -0.15) is 5.10 Å². The summed E-state index contributed by atoms with van der Waals surface area (Å²) in [5.74, 6) is 0.706. The summed E-state index contributed by atoms with van der Waals surface area (Å²) in [6.07, 6.45) is 0. The first-order valence-electron chi connectivity index (χ1n) is 9.36. The summed E-state index contributed by atoms with van der Waals surface area (Å²) in [6.45, 7) is 13.5. The van der Waals surface area contributed by atoms with Crippen LogP contribution in [0.15, 0.2) is 4.99 Å². The highest BCUT2D eigenvalue weighted by Gasteiger charge is 2.25. The van der Waals surface area contributed by atoms with Crippen molar-refractivity contribution in [3.63, 3.8) is 0 Å². The molecule has 1 fully saturated rings. The van der Waals surface area contributed by atoms with Gasteiger partial charge in [0.25, 0.3) is 0 Å². The van der Waals surface area contributed by atoms with Gasteiger partial charge in [0, 0.05) is 51.0 Å². The zero-order valence-electron chi connectivity index (χ0n) is 16.8. The highest BCUT2D eigenvalue weighted by atomic mass is 16.5. The monoisotopic (exact) mass is 366 g/mol. The van der Waals surface area contributed by atoms with E-state index >= 15 is 0 Å². The lowest BCUT2D eigenvalue weighted by Gasteiger charge is -2.34. The molecule has 1 aliphatic rings. The number of β-amino-alcohol motifs (C(OH)–C–C–N with tert-alkyl or cyclic N) is 1. The summed E-state index contributed by atoms with van der Waals surface area (Å²) < 4.78 is 7.25. The number of hydrogen-bond acceptors (Lipinski definition) is 5. The van der Waals surface area contributed by atoms with Crippen molar-refractivity contribution in [2.24, 2.45) is 12.0 Å². The van der Waals surface area contributed by atoms with E-state index in [0.717, 1.165) is 49.8 Å². The van der Waals surface area contributed by atoms with E-state index < -0.39 is 5.60 Å². The zero-order chi connectivity index (χ0) is 19.2. The molecule has 1 aromatic heterocycles. The van der Waals surface area contributed by atoms with Crippen LogP contribution in [0.3, 0.4) is 0 Å². The van der Waals surface area contributed by atoms with Gasteiger partial charge < -0.3 is 20.5 Å². The van der Waals surface area contributed by atoms with Crippen molar-refractivity contribution in [1.29, 1.82) is 0 Å². The Morgan fingerprint density at radius 3 is 2.58 bits per heavy atom. The zero-order valence-corrected chi connectivity index (χ0v) is 16.8. The molecule has 1 unspecified atom stereocenters. The van der Waals surface area contributed by atoms with Gasteiger partial charge in [0.15, 0.2) is 5.96 Å². The molecule has 26 heavy (non-hydrogen) atoms. The molecule has 8 nitrogen and oxygen atoms in total. The third-order valence-corrected chi connectivity index (χ3v) is 4.70. The van der Waals surface area contributed by atoms with E-state index in [1.165, 1.54) is 0 Å². The number of aromatic nitrogens is 2.